The van der Waals surface area contributed by atoms with Crippen LogP contribution in [0.5, 0.6) is 0 Å². The van der Waals surface area contributed by atoms with Crippen LogP contribution in [-0.4, -0.2) is 9.97 Å². The molecule has 0 fully saturated rings. The van der Waals surface area contributed by atoms with Gasteiger partial charge in [0.2, 0.25) is 0 Å². The smallest absolute Gasteiger partial charge is 0.129 e. The molecule has 0 bridgehead atoms. The summed E-state index contributed by atoms with van der Waals surface area (Å²) in [6.07, 6.45) is 1.49. The van der Waals surface area contributed by atoms with Gasteiger partial charge >= 0.3 is 0 Å². The van der Waals surface area contributed by atoms with Crippen molar-refractivity contribution in [2.75, 3.05) is 5.32 Å². The zero-order valence-electron chi connectivity index (χ0n) is 8.94. The second-order valence-corrected chi connectivity index (χ2v) is 3.49. The number of hydrogen-bond donors (Lipinski definition) is 1. The van der Waals surface area contributed by atoms with Crippen LogP contribution >= 0.6 is 0 Å². The molecule has 0 aliphatic heterocycles. The Morgan fingerprint density at radius 2 is 2.06 bits per heavy atom. The van der Waals surface area contributed by atoms with E-state index < -0.39 is 0 Å². The molecule has 2 aromatic rings. The molecule has 82 valence electrons. The third kappa shape index (κ3) is 2.53. The van der Waals surface area contributed by atoms with E-state index in [1.165, 1.54) is 12.4 Å². The van der Waals surface area contributed by atoms with E-state index in [0.717, 1.165) is 5.69 Å². The number of hydrogen-bond acceptors (Lipinski definition) is 3. The molecular formula is C12H12FN3. The average molecular weight is 217 g/mol. The van der Waals surface area contributed by atoms with Crippen molar-refractivity contribution in [3.05, 3.63) is 53.7 Å². The molecule has 0 saturated carbocycles. The van der Waals surface area contributed by atoms with Crippen molar-refractivity contribution in [3.63, 3.8) is 0 Å². The zero-order valence-corrected chi connectivity index (χ0v) is 8.94. The van der Waals surface area contributed by atoms with Gasteiger partial charge in [0.1, 0.15) is 18.0 Å². The summed E-state index contributed by atoms with van der Waals surface area (Å²) in [7, 11) is 0. The molecule has 0 unspecified atom stereocenters. The highest BCUT2D eigenvalue weighted by molar-refractivity contribution is 5.35. The lowest BCUT2D eigenvalue weighted by molar-refractivity contribution is 0.613. The number of aryl methyl sites for hydroxylation is 1. The molecule has 0 aliphatic carbocycles. The standard InChI is InChI=1S/C12H12FN3/c1-9-6-12(16-8-15-9)14-7-10-4-2-3-5-11(10)13/h2-6,8H,7H2,1H3,(H,14,15,16). The number of nitrogens with zero attached hydrogens (tertiary/aromatic N) is 2. The van der Waals surface area contributed by atoms with Crippen LogP contribution in [0.25, 0.3) is 0 Å². The van der Waals surface area contributed by atoms with E-state index >= 15 is 0 Å². The summed E-state index contributed by atoms with van der Waals surface area (Å²) in [5.74, 6) is 0.497. The van der Waals surface area contributed by atoms with Gasteiger partial charge in [-0.2, -0.15) is 0 Å². The maximum Gasteiger partial charge on any atom is 0.129 e. The molecule has 1 aromatic carbocycles. The highest BCUT2D eigenvalue weighted by Crippen LogP contribution is 2.09. The number of aromatic nitrogens is 2. The quantitative estimate of drug-likeness (QED) is 0.858. The predicted octanol–water partition coefficient (Wildman–Crippen LogP) is 2.54. The monoisotopic (exact) mass is 217 g/mol. The van der Waals surface area contributed by atoms with E-state index in [1.807, 2.05) is 19.1 Å². The van der Waals surface area contributed by atoms with E-state index in [2.05, 4.69) is 15.3 Å². The summed E-state index contributed by atoms with van der Waals surface area (Å²) in [5, 5.41) is 3.05. The summed E-state index contributed by atoms with van der Waals surface area (Å²) >= 11 is 0. The maximum atomic E-state index is 13.3. The molecule has 0 amide bonds. The van der Waals surface area contributed by atoms with Crippen LogP contribution in [0.15, 0.2) is 36.7 Å². The highest BCUT2D eigenvalue weighted by Gasteiger charge is 2.00. The van der Waals surface area contributed by atoms with Crippen molar-refractivity contribution < 1.29 is 4.39 Å². The lowest BCUT2D eigenvalue weighted by Gasteiger charge is -2.06. The van der Waals surface area contributed by atoms with Crippen molar-refractivity contribution in [2.45, 2.75) is 13.5 Å². The first kappa shape index (κ1) is 10.5. The zero-order chi connectivity index (χ0) is 11.4. The van der Waals surface area contributed by atoms with Gasteiger partial charge in [-0.05, 0) is 13.0 Å². The predicted molar refractivity (Wildman–Crippen MR) is 60.5 cm³/mol. The first-order valence-electron chi connectivity index (χ1n) is 5.01. The molecule has 0 radical (unpaired) electrons. The number of halogens is 1. The summed E-state index contributed by atoms with van der Waals surface area (Å²) in [6.45, 7) is 2.30. The minimum atomic E-state index is -0.208. The van der Waals surface area contributed by atoms with Gasteiger partial charge in [0.15, 0.2) is 0 Å². The van der Waals surface area contributed by atoms with E-state index in [0.29, 0.717) is 17.9 Å². The Balaban J connectivity index is 2.05. The number of nitrogens with one attached hydrogen (secondary N) is 1. The molecule has 2 rings (SSSR count). The third-order valence-electron chi connectivity index (χ3n) is 2.22. The maximum absolute atomic E-state index is 13.3. The normalized spacial score (nSPS) is 10.1. The topological polar surface area (TPSA) is 37.8 Å². The van der Waals surface area contributed by atoms with Crippen molar-refractivity contribution in [1.29, 1.82) is 0 Å². The SMILES string of the molecule is Cc1cc(NCc2ccccc2F)ncn1. The van der Waals surface area contributed by atoms with Crippen LogP contribution in [0.4, 0.5) is 10.2 Å². The van der Waals surface area contributed by atoms with Gasteiger partial charge in [0.05, 0.1) is 0 Å². The largest absolute Gasteiger partial charge is 0.366 e. The lowest BCUT2D eigenvalue weighted by Crippen LogP contribution is -2.03. The molecule has 0 saturated heterocycles. The molecule has 0 spiro atoms. The van der Waals surface area contributed by atoms with E-state index in [4.69, 9.17) is 0 Å². The van der Waals surface area contributed by atoms with E-state index in [-0.39, 0.29) is 5.82 Å². The van der Waals surface area contributed by atoms with Crippen LogP contribution in [0, 0.1) is 12.7 Å². The van der Waals surface area contributed by atoms with Gasteiger partial charge in [0.25, 0.3) is 0 Å². The fourth-order valence-corrected chi connectivity index (χ4v) is 1.38. The van der Waals surface area contributed by atoms with Gasteiger partial charge < -0.3 is 5.32 Å². The third-order valence-corrected chi connectivity index (χ3v) is 2.22. The molecule has 0 atom stereocenters. The van der Waals surface area contributed by atoms with Crippen LogP contribution < -0.4 is 5.32 Å². The van der Waals surface area contributed by atoms with Crippen molar-refractivity contribution in [2.24, 2.45) is 0 Å². The molecule has 1 aromatic heterocycles. The van der Waals surface area contributed by atoms with Crippen LogP contribution in [0.2, 0.25) is 0 Å². The second-order valence-electron chi connectivity index (χ2n) is 3.49. The van der Waals surface area contributed by atoms with Crippen LogP contribution in [0.3, 0.4) is 0 Å². The Labute approximate surface area is 93.4 Å². The molecule has 16 heavy (non-hydrogen) atoms. The van der Waals surface area contributed by atoms with Crippen LogP contribution in [0.1, 0.15) is 11.3 Å². The van der Waals surface area contributed by atoms with Crippen LogP contribution in [-0.2, 0) is 6.54 Å². The Morgan fingerprint density at radius 1 is 1.25 bits per heavy atom. The van der Waals surface area contributed by atoms with Gasteiger partial charge in [-0.25, -0.2) is 14.4 Å². The minimum Gasteiger partial charge on any atom is -0.366 e. The number of rotatable bonds is 3. The Kier molecular flexibility index (Phi) is 3.10. The highest BCUT2D eigenvalue weighted by atomic mass is 19.1. The Morgan fingerprint density at radius 3 is 2.81 bits per heavy atom. The number of benzene rings is 1. The van der Waals surface area contributed by atoms with Gasteiger partial charge in [-0.1, -0.05) is 18.2 Å². The summed E-state index contributed by atoms with van der Waals surface area (Å²) in [6, 6.07) is 8.50. The molecular weight excluding hydrogens is 205 g/mol. The molecule has 0 aliphatic rings. The molecule has 4 heteroatoms. The lowest BCUT2D eigenvalue weighted by atomic mass is 10.2. The first-order chi connectivity index (χ1) is 7.75. The molecule has 1 N–H and O–H groups in total. The summed E-state index contributed by atoms with van der Waals surface area (Å²) in [4.78, 5) is 8.03. The number of anilines is 1. The van der Waals surface area contributed by atoms with Crippen molar-refractivity contribution in [3.8, 4) is 0 Å². The fraction of sp³-hybridized carbons (Fsp3) is 0.167. The second kappa shape index (κ2) is 4.70. The Hall–Kier alpha value is -1.97. The fourth-order valence-electron chi connectivity index (χ4n) is 1.38. The first-order valence-corrected chi connectivity index (χ1v) is 5.01. The minimum absolute atomic E-state index is 0.208. The molecule has 1 heterocycles. The van der Waals surface area contributed by atoms with Crippen molar-refractivity contribution in [1.82, 2.24) is 9.97 Å². The van der Waals surface area contributed by atoms with Gasteiger partial charge in [0, 0.05) is 23.9 Å². The van der Waals surface area contributed by atoms with Gasteiger partial charge in [-0.15, -0.1) is 0 Å². The van der Waals surface area contributed by atoms with E-state index in [9.17, 15) is 4.39 Å². The summed E-state index contributed by atoms with van der Waals surface area (Å²) < 4.78 is 13.3. The Bertz CT molecular complexity index is 485. The van der Waals surface area contributed by atoms with Gasteiger partial charge in [-0.3, -0.25) is 0 Å². The summed E-state index contributed by atoms with van der Waals surface area (Å²) in [5.41, 5.74) is 1.50. The van der Waals surface area contributed by atoms with Crippen molar-refractivity contribution >= 4 is 5.82 Å². The molecule has 3 nitrogen and oxygen atoms in total. The average Bonchev–Trinajstić information content (AvgIpc) is 2.28. The van der Waals surface area contributed by atoms with E-state index in [1.54, 1.807) is 12.1 Å².